The van der Waals surface area contributed by atoms with Crippen LogP contribution in [0.5, 0.6) is 0 Å². The molecule has 0 heterocycles. The fourth-order valence-electron chi connectivity index (χ4n) is 3.05. The number of rotatable bonds is 3. The van der Waals surface area contributed by atoms with Gasteiger partial charge < -0.3 is 5.32 Å². The highest BCUT2D eigenvalue weighted by atomic mass is 14.8. The third kappa shape index (κ3) is 2.57. The molecule has 2 aromatic carbocycles. The molecule has 0 radical (unpaired) electrons. The summed E-state index contributed by atoms with van der Waals surface area (Å²) in [5.74, 6) is 0. The molecule has 0 aromatic heterocycles. The van der Waals surface area contributed by atoms with Gasteiger partial charge in [0.2, 0.25) is 0 Å². The van der Waals surface area contributed by atoms with E-state index in [1.807, 2.05) is 7.05 Å². The van der Waals surface area contributed by atoms with E-state index in [0.29, 0.717) is 0 Å². The molecule has 1 aliphatic rings. The lowest BCUT2D eigenvalue weighted by Gasteiger charge is -2.17. The van der Waals surface area contributed by atoms with Crippen LogP contribution in [-0.4, -0.2) is 7.05 Å². The average molecular weight is 251 g/mol. The van der Waals surface area contributed by atoms with Crippen LogP contribution in [0.2, 0.25) is 0 Å². The quantitative estimate of drug-likeness (QED) is 0.871. The van der Waals surface area contributed by atoms with Gasteiger partial charge in [0.05, 0.1) is 0 Å². The summed E-state index contributed by atoms with van der Waals surface area (Å²) in [5.41, 5.74) is 7.22. The number of nitrogens with one attached hydrogen (secondary N) is 1. The second kappa shape index (κ2) is 5.58. The Morgan fingerprint density at radius 2 is 1.74 bits per heavy atom. The average Bonchev–Trinajstić information content (AvgIpc) is 2.48. The van der Waals surface area contributed by atoms with Crippen molar-refractivity contribution in [1.29, 1.82) is 0 Å². The Morgan fingerprint density at radius 1 is 0.947 bits per heavy atom. The first-order chi connectivity index (χ1) is 9.38. The molecule has 0 saturated heterocycles. The lowest BCUT2D eigenvalue weighted by Crippen LogP contribution is -2.07. The Bertz CT molecular complexity index is 572. The summed E-state index contributed by atoms with van der Waals surface area (Å²) in [6.07, 6.45) is 5.20. The van der Waals surface area contributed by atoms with Crippen molar-refractivity contribution in [1.82, 2.24) is 5.32 Å². The third-order valence-electron chi connectivity index (χ3n) is 4.04. The van der Waals surface area contributed by atoms with Crippen molar-refractivity contribution in [3.63, 3.8) is 0 Å². The summed E-state index contributed by atoms with van der Waals surface area (Å²) < 4.78 is 0. The van der Waals surface area contributed by atoms with Crippen molar-refractivity contribution < 1.29 is 0 Å². The van der Waals surface area contributed by atoms with Crippen molar-refractivity contribution in [2.24, 2.45) is 0 Å². The van der Waals surface area contributed by atoms with Crippen LogP contribution in [-0.2, 0) is 19.4 Å². The number of hydrogen-bond acceptors (Lipinski definition) is 1. The first-order valence-electron chi connectivity index (χ1n) is 7.23. The molecule has 0 unspecified atom stereocenters. The highest BCUT2D eigenvalue weighted by molar-refractivity contribution is 5.68. The summed E-state index contributed by atoms with van der Waals surface area (Å²) in [6.45, 7) is 0.924. The van der Waals surface area contributed by atoms with Crippen LogP contribution in [0.1, 0.15) is 29.5 Å². The minimum Gasteiger partial charge on any atom is -0.316 e. The van der Waals surface area contributed by atoms with Gasteiger partial charge in [-0.15, -0.1) is 0 Å². The second-order valence-electron chi connectivity index (χ2n) is 5.38. The van der Waals surface area contributed by atoms with Crippen LogP contribution < -0.4 is 5.32 Å². The van der Waals surface area contributed by atoms with Gasteiger partial charge in [-0.1, -0.05) is 42.5 Å². The molecule has 98 valence electrons. The van der Waals surface area contributed by atoms with Crippen molar-refractivity contribution in [2.45, 2.75) is 32.2 Å². The lowest BCUT2D eigenvalue weighted by molar-refractivity contribution is 0.686. The molecular formula is C18H21N. The Balaban J connectivity index is 2.02. The minimum atomic E-state index is 0.924. The molecule has 1 nitrogen and oxygen atoms in total. The van der Waals surface area contributed by atoms with E-state index in [1.54, 1.807) is 11.1 Å². The number of benzene rings is 2. The van der Waals surface area contributed by atoms with Crippen molar-refractivity contribution >= 4 is 0 Å². The predicted molar refractivity (Wildman–Crippen MR) is 81.3 cm³/mol. The van der Waals surface area contributed by atoms with Crippen LogP contribution in [0.15, 0.2) is 42.5 Å². The van der Waals surface area contributed by atoms with Crippen molar-refractivity contribution in [3.8, 4) is 11.1 Å². The lowest BCUT2D eigenvalue weighted by atomic mass is 9.88. The van der Waals surface area contributed by atoms with E-state index >= 15 is 0 Å². The molecule has 1 heteroatoms. The molecule has 2 aromatic rings. The van der Waals surface area contributed by atoms with Crippen molar-refractivity contribution in [2.75, 3.05) is 7.05 Å². The van der Waals surface area contributed by atoms with Gasteiger partial charge in [0.15, 0.2) is 0 Å². The fourth-order valence-corrected chi connectivity index (χ4v) is 3.05. The number of aryl methyl sites for hydroxylation is 2. The summed E-state index contributed by atoms with van der Waals surface area (Å²) >= 11 is 0. The molecule has 0 amide bonds. The second-order valence-corrected chi connectivity index (χ2v) is 5.38. The molecule has 19 heavy (non-hydrogen) atoms. The monoisotopic (exact) mass is 251 g/mol. The fraction of sp³-hybridized carbons (Fsp3) is 0.333. The first-order valence-corrected chi connectivity index (χ1v) is 7.23. The van der Waals surface area contributed by atoms with E-state index in [4.69, 9.17) is 0 Å². The van der Waals surface area contributed by atoms with E-state index in [0.717, 1.165) is 6.54 Å². The van der Waals surface area contributed by atoms with Gasteiger partial charge in [0, 0.05) is 6.54 Å². The summed E-state index contributed by atoms with van der Waals surface area (Å²) in [7, 11) is 2.00. The van der Waals surface area contributed by atoms with E-state index < -0.39 is 0 Å². The topological polar surface area (TPSA) is 12.0 Å². The van der Waals surface area contributed by atoms with E-state index in [1.165, 1.54) is 42.4 Å². The Labute approximate surface area is 115 Å². The van der Waals surface area contributed by atoms with Crippen LogP contribution >= 0.6 is 0 Å². The van der Waals surface area contributed by atoms with E-state index in [9.17, 15) is 0 Å². The highest BCUT2D eigenvalue weighted by Gasteiger charge is 2.11. The maximum absolute atomic E-state index is 3.26. The summed E-state index contributed by atoms with van der Waals surface area (Å²) in [5, 5.41) is 3.26. The predicted octanol–water partition coefficient (Wildman–Crippen LogP) is 3.95. The molecule has 1 N–H and O–H groups in total. The zero-order valence-corrected chi connectivity index (χ0v) is 11.6. The molecule has 0 aliphatic heterocycles. The van der Waals surface area contributed by atoms with Crippen LogP contribution in [0.3, 0.4) is 0 Å². The molecule has 1 aliphatic carbocycles. The maximum Gasteiger partial charge on any atom is 0.0208 e. The molecule has 0 atom stereocenters. The molecule has 0 bridgehead atoms. The van der Waals surface area contributed by atoms with E-state index in [2.05, 4.69) is 47.8 Å². The standard InChI is InChI=1S/C18H21N/c1-19-13-17-8-4-5-9-18(17)16-11-10-14-6-2-3-7-15(14)12-16/h4-5,8-12,19H,2-3,6-7,13H2,1H3. The Morgan fingerprint density at radius 3 is 2.58 bits per heavy atom. The SMILES string of the molecule is CNCc1ccccc1-c1ccc2c(c1)CCCC2. The maximum atomic E-state index is 3.26. The Hall–Kier alpha value is -1.60. The zero-order chi connectivity index (χ0) is 13.1. The first kappa shape index (κ1) is 12.4. The summed E-state index contributed by atoms with van der Waals surface area (Å²) in [6, 6.07) is 15.7. The van der Waals surface area contributed by atoms with Gasteiger partial charge in [-0.3, -0.25) is 0 Å². The van der Waals surface area contributed by atoms with Crippen LogP contribution in [0.4, 0.5) is 0 Å². The largest absolute Gasteiger partial charge is 0.316 e. The molecule has 0 saturated carbocycles. The normalized spacial score (nSPS) is 14.2. The van der Waals surface area contributed by atoms with Gasteiger partial charge in [-0.05, 0) is 60.5 Å². The van der Waals surface area contributed by atoms with E-state index in [-0.39, 0.29) is 0 Å². The minimum absolute atomic E-state index is 0.924. The van der Waals surface area contributed by atoms with Gasteiger partial charge in [-0.2, -0.15) is 0 Å². The smallest absolute Gasteiger partial charge is 0.0208 e. The molecule has 3 rings (SSSR count). The number of hydrogen-bond donors (Lipinski definition) is 1. The van der Waals surface area contributed by atoms with Gasteiger partial charge in [-0.25, -0.2) is 0 Å². The molecule has 0 spiro atoms. The van der Waals surface area contributed by atoms with Gasteiger partial charge >= 0.3 is 0 Å². The van der Waals surface area contributed by atoms with Crippen LogP contribution in [0, 0.1) is 0 Å². The molecule has 0 fully saturated rings. The van der Waals surface area contributed by atoms with Crippen molar-refractivity contribution in [3.05, 3.63) is 59.2 Å². The van der Waals surface area contributed by atoms with Gasteiger partial charge in [0.25, 0.3) is 0 Å². The molecular weight excluding hydrogens is 230 g/mol. The third-order valence-corrected chi connectivity index (χ3v) is 4.04. The van der Waals surface area contributed by atoms with Gasteiger partial charge in [0.1, 0.15) is 0 Å². The number of fused-ring (bicyclic) bond motifs is 1. The van der Waals surface area contributed by atoms with Crippen LogP contribution in [0.25, 0.3) is 11.1 Å². The zero-order valence-electron chi connectivity index (χ0n) is 11.6. The Kier molecular flexibility index (Phi) is 3.65. The highest BCUT2D eigenvalue weighted by Crippen LogP contribution is 2.29. The summed E-state index contributed by atoms with van der Waals surface area (Å²) in [4.78, 5) is 0.